The van der Waals surface area contributed by atoms with Crippen molar-refractivity contribution in [3.05, 3.63) is 24.5 Å². The molecule has 20 heavy (non-hydrogen) atoms. The maximum atomic E-state index is 5.68. The van der Waals surface area contributed by atoms with Crippen LogP contribution in [-0.4, -0.2) is 15.4 Å². The Balaban J connectivity index is 0.00000200. The Labute approximate surface area is 140 Å². The lowest BCUT2D eigenvalue weighted by molar-refractivity contribution is -0.671. The van der Waals surface area contributed by atoms with E-state index in [2.05, 4.69) is 20.6 Å². The molecule has 0 saturated heterocycles. The Morgan fingerprint density at radius 2 is 2.25 bits per heavy atom. The highest BCUT2D eigenvalue weighted by atomic mass is 127. The van der Waals surface area contributed by atoms with Crippen LogP contribution in [0.15, 0.2) is 24.5 Å². The van der Waals surface area contributed by atoms with Gasteiger partial charge in [0.05, 0.1) is 23.9 Å². The van der Waals surface area contributed by atoms with Crippen molar-refractivity contribution in [2.75, 3.05) is 6.61 Å². The molecule has 0 atom stereocenters. The Hall–Kier alpha value is -1.20. The Kier molecular flexibility index (Phi) is 7.47. The van der Waals surface area contributed by atoms with Crippen molar-refractivity contribution in [1.29, 1.82) is 0 Å². The van der Waals surface area contributed by atoms with Crippen LogP contribution in [0.4, 0.5) is 0 Å². The predicted molar refractivity (Wildman–Crippen MR) is 74.7 cm³/mol. The zero-order valence-electron chi connectivity index (χ0n) is 11.5. The van der Waals surface area contributed by atoms with Gasteiger partial charge in [0.2, 0.25) is 0 Å². The second-order valence-corrected chi connectivity index (χ2v) is 4.58. The number of unbranched alkanes of at least 4 members (excludes halogenated alkanes) is 1. The summed E-state index contributed by atoms with van der Waals surface area (Å²) in [5.41, 5.74) is 1.82. The van der Waals surface area contributed by atoms with E-state index in [0.717, 1.165) is 24.1 Å². The standard InChI is InChI=1S/C14H16N3OS.HI/c1-3-4-5-6-10-18-14-13(15-19-16-14)12-8-7-9-17(2)11-12;/h7-9,11H,5-6,10H2,1-2H3;1H/q+1;/p-1. The van der Waals surface area contributed by atoms with Gasteiger partial charge < -0.3 is 28.7 Å². The highest BCUT2D eigenvalue weighted by molar-refractivity contribution is 6.99. The van der Waals surface area contributed by atoms with E-state index >= 15 is 0 Å². The highest BCUT2D eigenvalue weighted by Crippen LogP contribution is 2.26. The van der Waals surface area contributed by atoms with Crippen molar-refractivity contribution < 1.29 is 33.3 Å². The molecule has 4 nitrogen and oxygen atoms in total. The monoisotopic (exact) mass is 401 g/mol. The first-order valence-corrected chi connectivity index (χ1v) is 6.85. The number of pyridine rings is 1. The van der Waals surface area contributed by atoms with E-state index in [-0.39, 0.29) is 24.0 Å². The van der Waals surface area contributed by atoms with Crippen molar-refractivity contribution in [1.82, 2.24) is 8.75 Å². The number of ether oxygens (including phenoxy) is 1. The van der Waals surface area contributed by atoms with Gasteiger partial charge in [0.15, 0.2) is 18.1 Å². The van der Waals surface area contributed by atoms with Crippen LogP contribution in [0.3, 0.4) is 0 Å². The molecule has 0 fully saturated rings. The molecule has 0 aliphatic rings. The third kappa shape index (κ3) is 4.72. The molecule has 0 N–H and O–H groups in total. The molecule has 2 heterocycles. The number of rotatable bonds is 5. The molecule has 2 aromatic heterocycles. The molecular weight excluding hydrogens is 385 g/mol. The van der Waals surface area contributed by atoms with E-state index in [1.807, 2.05) is 43.1 Å². The molecule has 0 saturated carbocycles. The second kappa shape index (κ2) is 8.87. The highest BCUT2D eigenvalue weighted by Gasteiger charge is 2.14. The van der Waals surface area contributed by atoms with Crippen LogP contribution in [0.2, 0.25) is 0 Å². The second-order valence-electron chi connectivity index (χ2n) is 4.05. The molecule has 106 valence electrons. The van der Waals surface area contributed by atoms with Gasteiger partial charge in [-0.05, 0) is 19.4 Å². The maximum Gasteiger partial charge on any atom is 0.254 e. The molecule has 0 amide bonds. The van der Waals surface area contributed by atoms with E-state index in [9.17, 15) is 0 Å². The van der Waals surface area contributed by atoms with Crippen molar-refractivity contribution in [2.24, 2.45) is 7.05 Å². The largest absolute Gasteiger partial charge is 1.00 e. The third-order valence-electron chi connectivity index (χ3n) is 2.53. The smallest absolute Gasteiger partial charge is 0.254 e. The predicted octanol–water partition coefficient (Wildman–Crippen LogP) is -0.784. The fourth-order valence-corrected chi connectivity index (χ4v) is 2.15. The minimum Gasteiger partial charge on any atom is -1.00 e. The summed E-state index contributed by atoms with van der Waals surface area (Å²) in [4.78, 5) is 0. The first-order chi connectivity index (χ1) is 9.31. The van der Waals surface area contributed by atoms with Gasteiger partial charge in [0, 0.05) is 12.5 Å². The van der Waals surface area contributed by atoms with Gasteiger partial charge in [-0.1, -0.05) is 0 Å². The van der Waals surface area contributed by atoms with Gasteiger partial charge in [-0.25, -0.2) is 4.57 Å². The van der Waals surface area contributed by atoms with Gasteiger partial charge in [-0.15, -0.1) is 16.2 Å². The summed E-state index contributed by atoms with van der Waals surface area (Å²) in [5.74, 6) is 6.50. The first kappa shape index (κ1) is 16.9. The summed E-state index contributed by atoms with van der Waals surface area (Å²) in [6.45, 7) is 2.46. The summed E-state index contributed by atoms with van der Waals surface area (Å²) in [7, 11) is 1.98. The van der Waals surface area contributed by atoms with E-state index in [1.54, 1.807) is 0 Å². The maximum absolute atomic E-state index is 5.68. The van der Waals surface area contributed by atoms with Crippen molar-refractivity contribution >= 4 is 11.7 Å². The molecule has 0 aromatic carbocycles. The topological polar surface area (TPSA) is 38.9 Å². The lowest BCUT2D eigenvalue weighted by Gasteiger charge is -2.02. The van der Waals surface area contributed by atoms with Gasteiger partial charge in [0.1, 0.15) is 7.05 Å². The van der Waals surface area contributed by atoms with Crippen LogP contribution in [0.1, 0.15) is 19.8 Å². The normalized spacial score (nSPS) is 9.30. The molecule has 2 aromatic rings. The molecule has 0 spiro atoms. The van der Waals surface area contributed by atoms with Gasteiger partial charge >= 0.3 is 0 Å². The zero-order chi connectivity index (χ0) is 13.5. The lowest BCUT2D eigenvalue weighted by atomic mass is 10.2. The lowest BCUT2D eigenvalue weighted by Crippen LogP contribution is -3.00. The van der Waals surface area contributed by atoms with Crippen molar-refractivity contribution in [2.45, 2.75) is 19.8 Å². The fraction of sp³-hybridized carbons (Fsp3) is 0.357. The number of hydrogen-bond donors (Lipinski definition) is 0. The molecule has 0 bridgehead atoms. The Bertz CT molecular complexity index is 604. The average Bonchev–Trinajstić information content (AvgIpc) is 2.87. The minimum atomic E-state index is 0. The van der Waals surface area contributed by atoms with Gasteiger partial charge in [0.25, 0.3) is 5.88 Å². The Morgan fingerprint density at radius 1 is 1.40 bits per heavy atom. The number of aryl methyl sites for hydroxylation is 1. The van der Waals surface area contributed by atoms with Crippen LogP contribution in [0.25, 0.3) is 11.3 Å². The van der Waals surface area contributed by atoms with E-state index in [1.165, 1.54) is 11.7 Å². The summed E-state index contributed by atoms with van der Waals surface area (Å²) in [6.07, 6.45) is 5.74. The summed E-state index contributed by atoms with van der Waals surface area (Å²) in [6, 6.07) is 3.99. The molecule has 0 aliphatic carbocycles. The Morgan fingerprint density at radius 3 is 3.00 bits per heavy atom. The van der Waals surface area contributed by atoms with Crippen LogP contribution >= 0.6 is 11.7 Å². The zero-order valence-corrected chi connectivity index (χ0v) is 14.4. The van der Waals surface area contributed by atoms with E-state index < -0.39 is 0 Å². The minimum absolute atomic E-state index is 0. The van der Waals surface area contributed by atoms with Crippen LogP contribution < -0.4 is 33.3 Å². The number of halogens is 1. The molecular formula is C14H16IN3OS. The van der Waals surface area contributed by atoms with E-state index in [0.29, 0.717) is 12.5 Å². The first-order valence-electron chi connectivity index (χ1n) is 6.12. The summed E-state index contributed by atoms with van der Waals surface area (Å²) < 4.78 is 16.2. The quantitative estimate of drug-likeness (QED) is 0.286. The van der Waals surface area contributed by atoms with E-state index in [4.69, 9.17) is 4.74 Å². The third-order valence-corrected chi connectivity index (χ3v) is 3.04. The SMILES string of the molecule is CC#CCCCOc1nsnc1-c1ccc[n+](C)c1.[I-]. The average molecular weight is 401 g/mol. The van der Waals surface area contributed by atoms with Crippen LogP contribution in [0.5, 0.6) is 5.88 Å². The number of hydrogen-bond acceptors (Lipinski definition) is 4. The van der Waals surface area contributed by atoms with Crippen molar-refractivity contribution in [3.8, 4) is 29.0 Å². The van der Waals surface area contributed by atoms with Crippen LogP contribution in [0, 0.1) is 11.8 Å². The number of aromatic nitrogens is 3. The van der Waals surface area contributed by atoms with Gasteiger partial charge in [-0.2, -0.15) is 4.37 Å². The van der Waals surface area contributed by atoms with Gasteiger partial charge in [-0.3, -0.25) is 0 Å². The molecule has 2 rings (SSSR count). The summed E-state index contributed by atoms with van der Waals surface area (Å²) >= 11 is 1.17. The molecule has 6 heteroatoms. The summed E-state index contributed by atoms with van der Waals surface area (Å²) in [5, 5.41) is 0. The van der Waals surface area contributed by atoms with Crippen LogP contribution in [-0.2, 0) is 7.05 Å². The molecule has 0 radical (unpaired) electrons. The van der Waals surface area contributed by atoms with Crippen molar-refractivity contribution in [3.63, 3.8) is 0 Å². The molecule has 0 unspecified atom stereocenters. The molecule has 0 aliphatic heterocycles. The number of nitrogens with zero attached hydrogens (tertiary/aromatic N) is 3. The fourth-order valence-electron chi connectivity index (χ4n) is 1.63.